The van der Waals surface area contributed by atoms with Crippen LogP contribution < -0.4 is 5.73 Å². The number of nitrogens with zero attached hydrogens (tertiary/aromatic N) is 2. The molecule has 0 radical (unpaired) electrons. The maximum atomic E-state index is 12.5. The number of piperazine rings is 1. The SMILES string of the molecule is Cc1cc(C(=O)N2CCN(C(C)C(N)=S)CC2)ccc1Cl. The van der Waals surface area contributed by atoms with Crippen molar-refractivity contribution in [3.63, 3.8) is 0 Å². The van der Waals surface area contributed by atoms with Crippen molar-refractivity contribution >= 4 is 34.7 Å². The van der Waals surface area contributed by atoms with Gasteiger partial charge in [-0.05, 0) is 37.6 Å². The van der Waals surface area contributed by atoms with Gasteiger partial charge in [-0.15, -0.1) is 0 Å². The number of hydrogen-bond donors (Lipinski definition) is 1. The van der Waals surface area contributed by atoms with Crippen LogP contribution in [-0.2, 0) is 0 Å². The van der Waals surface area contributed by atoms with E-state index in [1.807, 2.05) is 24.8 Å². The summed E-state index contributed by atoms with van der Waals surface area (Å²) in [5.41, 5.74) is 7.29. The molecule has 2 rings (SSSR count). The highest BCUT2D eigenvalue weighted by Crippen LogP contribution is 2.18. The van der Waals surface area contributed by atoms with Crippen LogP contribution in [0.1, 0.15) is 22.8 Å². The molecule has 2 N–H and O–H groups in total. The van der Waals surface area contributed by atoms with Gasteiger partial charge in [0.25, 0.3) is 5.91 Å². The third-order valence-electron chi connectivity index (χ3n) is 3.97. The quantitative estimate of drug-likeness (QED) is 0.864. The van der Waals surface area contributed by atoms with E-state index in [0.717, 1.165) is 18.7 Å². The molecule has 21 heavy (non-hydrogen) atoms. The molecule has 114 valence electrons. The minimum absolute atomic E-state index is 0.0531. The summed E-state index contributed by atoms with van der Waals surface area (Å²) in [6.07, 6.45) is 0. The topological polar surface area (TPSA) is 49.6 Å². The molecule has 1 saturated heterocycles. The average Bonchev–Trinajstić information content (AvgIpc) is 2.48. The number of carbonyl (C=O) groups is 1. The third-order valence-corrected chi connectivity index (χ3v) is 4.73. The van der Waals surface area contributed by atoms with E-state index < -0.39 is 0 Å². The fraction of sp³-hybridized carbons (Fsp3) is 0.467. The average molecular weight is 326 g/mol. The molecule has 0 spiro atoms. The van der Waals surface area contributed by atoms with Crippen molar-refractivity contribution in [2.24, 2.45) is 5.73 Å². The van der Waals surface area contributed by atoms with E-state index in [9.17, 15) is 4.79 Å². The summed E-state index contributed by atoms with van der Waals surface area (Å²) in [5.74, 6) is 0.0531. The van der Waals surface area contributed by atoms with Crippen LogP contribution in [-0.4, -0.2) is 52.9 Å². The highest BCUT2D eigenvalue weighted by molar-refractivity contribution is 7.80. The van der Waals surface area contributed by atoms with E-state index in [1.54, 1.807) is 12.1 Å². The minimum Gasteiger partial charge on any atom is -0.392 e. The normalized spacial score (nSPS) is 17.6. The predicted octanol–water partition coefficient (Wildman–Crippen LogP) is 2.08. The van der Waals surface area contributed by atoms with Gasteiger partial charge in [-0.3, -0.25) is 9.69 Å². The second-order valence-electron chi connectivity index (χ2n) is 5.37. The third kappa shape index (κ3) is 3.73. The Balaban J connectivity index is 2.00. The van der Waals surface area contributed by atoms with Gasteiger partial charge in [0.1, 0.15) is 0 Å². The molecule has 0 saturated carbocycles. The number of carbonyl (C=O) groups excluding carboxylic acids is 1. The molecule has 1 atom stereocenters. The fourth-order valence-corrected chi connectivity index (χ4v) is 2.72. The number of benzene rings is 1. The van der Waals surface area contributed by atoms with Crippen LogP contribution in [0, 0.1) is 6.92 Å². The second-order valence-corrected chi connectivity index (χ2v) is 6.25. The summed E-state index contributed by atoms with van der Waals surface area (Å²) in [7, 11) is 0. The van der Waals surface area contributed by atoms with Crippen molar-refractivity contribution in [3.05, 3.63) is 34.3 Å². The molecule has 1 aromatic carbocycles. The first-order valence-corrected chi connectivity index (χ1v) is 7.77. The smallest absolute Gasteiger partial charge is 0.253 e. The van der Waals surface area contributed by atoms with Crippen molar-refractivity contribution in [3.8, 4) is 0 Å². The lowest BCUT2D eigenvalue weighted by molar-refractivity contribution is 0.0621. The van der Waals surface area contributed by atoms with Crippen molar-refractivity contribution in [2.45, 2.75) is 19.9 Å². The molecule has 1 amide bonds. The first-order chi connectivity index (χ1) is 9.90. The zero-order valence-electron chi connectivity index (χ0n) is 12.3. The van der Waals surface area contributed by atoms with Gasteiger partial charge in [0.05, 0.1) is 11.0 Å². The largest absolute Gasteiger partial charge is 0.392 e. The Morgan fingerprint density at radius 2 is 1.95 bits per heavy atom. The number of thiocarbonyl (C=S) groups is 1. The molecule has 1 aromatic rings. The number of amides is 1. The first kappa shape index (κ1) is 16.2. The van der Waals surface area contributed by atoms with E-state index in [4.69, 9.17) is 29.6 Å². The summed E-state index contributed by atoms with van der Waals surface area (Å²) < 4.78 is 0. The van der Waals surface area contributed by atoms with Gasteiger partial charge in [0, 0.05) is 36.8 Å². The maximum absolute atomic E-state index is 12.5. The van der Waals surface area contributed by atoms with Gasteiger partial charge >= 0.3 is 0 Å². The molecule has 1 heterocycles. The first-order valence-electron chi connectivity index (χ1n) is 6.99. The van der Waals surface area contributed by atoms with E-state index in [0.29, 0.717) is 28.7 Å². The van der Waals surface area contributed by atoms with Crippen LogP contribution in [0.5, 0.6) is 0 Å². The molecular formula is C15H20ClN3OS. The van der Waals surface area contributed by atoms with Crippen LogP contribution in [0.4, 0.5) is 0 Å². The van der Waals surface area contributed by atoms with Gasteiger partial charge in [-0.1, -0.05) is 23.8 Å². The Morgan fingerprint density at radius 3 is 2.48 bits per heavy atom. The Kier molecular flexibility index (Phi) is 5.19. The zero-order chi connectivity index (χ0) is 15.6. The summed E-state index contributed by atoms with van der Waals surface area (Å²) >= 11 is 11.0. The van der Waals surface area contributed by atoms with Gasteiger partial charge in [-0.2, -0.15) is 0 Å². The number of rotatable bonds is 3. The molecule has 0 aromatic heterocycles. The highest BCUT2D eigenvalue weighted by Gasteiger charge is 2.25. The van der Waals surface area contributed by atoms with Crippen molar-refractivity contribution < 1.29 is 4.79 Å². The number of nitrogens with two attached hydrogens (primary N) is 1. The van der Waals surface area contributed by atoms with Gasteiger partial charge in [0.2, 0.25) is 0 Å². The van der Waals surface area contributed by atoms with E-state index in [2.05, 4.69) is 4.90 Å². The Bertz CT molecular complexity index is 556. The maximum Gasteiger partial charge on any atom is 0.253 e. The monoisotopic (exact) mass is 325 g/mol. The molecule has 1 fully saturated rings. The van der Waals surface area contributed by atoms with Gasteiger partial charge in [-0.25, -0.2) is 0 Å². The molecule has 0 bridgehead atoms. The van der Waals surface area contributed by atoms with Crippen LogP contribution in [0.15, 0.2) is 18.2 Å². The van der Waals surface area contributed by atoms with E-state index in [1.165, 1.54) is 0 Å². The second kappa shape index (κ2) is 6.73. The standard InChI is InChI=1S/C15H20ClN3OS/c1-10-9-12(3-4-13(10)16)15(20)19-7-5-18(6-8-19)11(2)14(17)21/h3-4,9,11H,5-8H2,1-2H3,(H2,17,21). The van der Waals surface area contributed by atoms with Crippen molar-refractivity contribution in [1.82, 2.24) is 9.80 Å². The molecule has 1 aliphatic heterocycles. The van der Waals surface area contributed by atoms with Crippen LogP contribution in [0.2, 0.25) is 5.02 Å². The lowest BCUT2D eigenvalue weighted by Gasteiger charge is -2.37. The Labute approximate surface area is 135 Å². The number of aryl methyl sites for hydroxylation is 1. The number of hydrogen-bond acceptors (Lipinski definition) is 3. The summed E-state index contributed by atoms with van der Waals surface area (Å²) in [6.45, 7) is 6.86. The molecular weight excluding hydrogens is 306 g/mol. The Morgan fingerprint density at radius 1 is 1.33 bits per heavy atom. The summed E-state index contributed by atoms with van der Waals surface area (Å²) in [4.78, 5) is 17.1. The van der Waals surface area contributed by atoms with E-state index in [-0.39, 0.29) is 11.9 Å². The fourth-order valence-electron chi connectivity index (χ4n) is 2.45. The molecule has 0 aliphatic carbocycles. The lowest BCUT2D eigenvalue weighted by Crippen LogP contribution is -2.53. The molecule has 1 aliphatic rings. The van der Waals surface area contributed by atoms with Crippen LogP contribution in [0.25, 0.3) is 0 Å². The lowest BCUT2D eigenvalue weighted by atomic mass is 10.1. The highest BCUT2D eigenvalue weighted by atomic mass is 35.5. The van der Waals surface area contributed by atoms with Gasteiger partial charge in [0.15, 0.2) is 0 Å². The molecule has 6 heteroatoms. The molecule has 4 nitrogen and oxygen atoms in total. The molecule has 1 unspecified atom stereocenters. The summed E-state index contributed by atoms with van der Waals surface area (Å²) in [5, 5.41) is 0.682. The minimum atomic E-state index is 0.0531. The van der Waals surface area contributed by atoms with Gasteiger partial charge < -0.3 is 10.6 Å². The van der Waals surface area contributed by atoms with Crippen molar-refractivity contribution in [2.75, 3.05) is 26.2 Å². The number of halogens is 1. The van der Waals surface area contributed by atoms with Crippen LogP contribution >= 0.6 is 23.8 Å². The van der Waals surface area contributed by atoms with Crippen molar-refractivity contribution in [1.29, 1.82) is 0 Å². The van der Waals surface area contributed by atoms with Crippen LogP contribution in [0.3, 0.4) is 0 Å². The zero-order valence-corrected chi connectivity index (χ0v) is 13.9. The van der Waals surface area contributed by atoms with E-state index >= 15 is 0 Å². The summed E-state index contributed by atoms with van der Waals surface area (Å²) in [6, 6.07) is 5.47. The Hall–Kier alpha value is -1.17. The predicted molar refractivity (Wildman–Crippen MR) is 89.9 cm³/mol.